The van der Waals surface area contributed by atoms with E-state index < -0.39 is 24.2 Å². The number of ether oxygens (including phenoxy) is 1. The molecule has 0 saturated carbocycles. The van der Waals surface area contributed by atoms with Crippen LogP contribution in [0.25, 0.3) is 0 Å². The molecule has 0 atom stereocenters. The molecule has 1 amide bonds. The number of Topliss-reactive ketones (excluding diaryl/α,β-unsaturated/α-hetero) is 1. The van der Waals surface area contributed by atoms with Gasteiger partial charge in [-0.25, -0.2) is 9.18 Å². The van der Waals surface area contributed by atoms with Crippen molar-refractivity contribution in [2.45, 2.75) is 12.8 Å². The molecule has 0 fully saturated rings. The topological polar surface area (TPSA) is 72.5 Å². The normalized spacial score (nSPS) is 13.0. The first-order chi connectivity index (χ1) is 11.9. The molecule has 1 aliphatic heterocycles. The van der Waals surface area contributed by atoms with Crippen LogP contribution >= 0.6 is 11.6 Å². The van der Waals surface area contributed by atoms with Gasteiger partial charge in [-0.3, -0.25) is 9.59 Å². The van der Waals surface area contributed by atoms with E-state index in [1.165, 1.54) is 12.1 Å². The second-order valence-corrected chi connectivity index (χ2v) is 5.98. The van der Waals surface area contributed by atoms with Crippen LogP contribution in [0.1, 0.15) is 32.7 Å². The van der Waals surface area contributed by atoms with Crippen molar-refractivity contribution >= 4 is 34.9 Å². The van der Waals surface area contributed by atoms with E-state index in [9.17, 15) is 18.8 Å². The minimum absolute atomic E-state index is 0.0644. The second-order valence-electron chi connectivity index (χ2n) is 5.54. The number of carbonyl (C=O) groups excluding carboxylic acids is 3. The summed E-state index contributed by atoms with van der Waals surface area (Å²) in [6.07, 6.45) is 0.896. The molecule has 3 rings (SSSR count). The fourth-order valence-corrected chi connectivity index (χ4v) is 2.66. The number of aryl methyl sites for hydroxylation is 1. The summed E-state index contributed by atoms with van der Waals surface area (Å²) in [5, 5.41) is 2.88. The number of rotatable bonds is 4. The van der Waals surface area contributed by atoms with Crippen molar-refractivity contribution in [1.82, 2.24) is 0 Å². The van der Waals surface area contributed by atoms with Crippen LogP contribution in [0.3, 0.4) is 0 Å². The number of hydrogen-bond acceptors (Lipinski definition) is 4. The van der Waals surface area contributed by atoms with Gasteiger partial charge in [-0.05, 0) is 48.4 Å². The van der Waals surface area contributed by atoms with Gasteiger partial charge in [-0.1, -0.05) is 11.6 Å². The number of carbonyl (C=O) groups is 3. The Kier molecular flexibility index (Phi) is 4.81. The van der Waals surface area contributed by atoms with Crippen LogP contribution in [0.2, 0.25) is 5.02 Å². The molecule has 25 heavy (non-hydrogen) atoms. The van der Waals surface area contributed by atoms with Crippen LogP contribution < -0.4 is 5.32 Å². The fraction of sp³-hybridized carbons (Fsp3) is 0.167. The smallest absolute Gasteiger partial charge is 0.341 e. The molecule has 0 saturated heterocycles. The second kappa shape index (κ2) is 7.03. The van der Waals surface area contributed by atoms with Gasteiger partial charge < -0.3 is 10.1 Å². The summed E-state index contributed by atoms with van der Waals surface area (Å²) in [5.74, 6) is -2.23. The third-order valence-corrected chi connectivity index (χ3v) is 4.04. The van der Waals surface area contributed by atoms with Crippen molar-refractivity contribution in [3.63, 3.8) is 0 Å². The van der Waals surface area contributed by atoms with Gasteiger partial charge in [-0.2, -0.15) is 0 Å². The highest BCUT2D eigenvalue weighted by Crippen LogP contribution is 2.24. The molecule has 2 aromatic rings. The van der Waals surface area contributed by atoms with Crippen molar-refractivity contribution in [3.05, 3.63) is 63.9 Å². The van der Waals surface area contributed by atoms with Crippen molar-refractivity contribution in [2.75, 3.05) is 11.9 Å². The zero-order valence-corrected chi connectivity index (χ0v) is 13.7. The summed E-state index contributed by atoms with van der Waals surface area (Å²) >= 11 is 5.62. The Balaban J connectivity index is 1.66. The number of hydrogen-bond donors (Lipinski definition) is 1. The van der Waals surface area contributed by atoms with Gasteiger partial charge in [-0.15, -0.1) is 0 Å². The molecule has 0 aliphatic carbocycles. The van der Waals surface area contributed by atoms with Gasteiger partial charge in [0, 0.05) is 22.7 Å². The number of amides is 1. The van der Waals surface area contributed by atoms with Crippen molar-refractivity contribution in [3.8, 4) is 0 Å². The number of esters is 1. The maximum Gasteiger partial charge on any atom is 0.341 e. The lowest BCUT2D eigenvalue weighted by Gasteiger charge is -2.17. The van der Waals surface area contributed by atoms with Gasteiger partial charge in [0.2, 0.25) is 5.91 Å². The Labute approximate surface area is 147 Å². The van der Waals surface area contributed by atoms with Crippen LogP contribution in [-0.2, 0) is 16.0 Å². The molecule has 1 aliphatic rings. The minimum atomic E-state index is -0.937. The quantitative estimate of drug-likeness (QED) is 0.669. The summed E-state index contributed by atoms with van der Waals surface area (Å²) in [6, 6.07) is 8.40. The van der Waals surface area contributed by atoms with E-state index in [1.807, 2.05) is 0 Å². The maximum atomic E-state index is 13.7. The number of halogens is 2. The summed E-state index contributed by atoms with van der Waals surface area (Å²) in [7, 11) is 0. The Hall–Kier alpha value is -2.73. The molecule has 0 radical (unpaired) electrons. The van der Waals surface area contributed by atoms with Crippen LogP contribution in [0.4, 0.5) is 10.1 Å². The summed E-state index contributed by atoms with van der Waals surface area (Å²) in [4.78, 5) is 35.4. The minimum Gasteiger partial charge on any atom is -0.454 e. The highest BCUT2D eigenvalue weighted by molar-refractivity contribution is 6.30. The van der Waals surface area contributed by atoms with E-state index in [-0.39, 0.29) is 16.5 Å². The van der Waals surface area contributed by atoms with Crippen LogP contribution in [0.5, 0.6) is 0 Å². The summed E-state index contributed by atoms with van der Waals surface area (Å²) in [6.45, 7) is -0.508. The third kappa shape index (κ3) is 3.85. The standard InChI is InChI=1S/C18H13ClFNO4/c19-12-3-4-13(14(20)8-12)18(24)25-9-16(22)11-1-5-15-10(7-11)2-6-17(23)21-15/h1,3-5,7-8H,2,6,9H2,(H,21,23). The van der Waals surface area contributed by atoms with E-state index in [1.54, 1.807) is 18.2 Å². The summed E-state index contributed by atoms with van der Waals surface area (Å²) < 4.78 is 18.5. The fourth-order valence-electron chi connectivity index (χ4n) is 2.50. The Morgan fingerprint density at radius 3 is 2.72 bits per heavy atom. The first-order valence-electron chi connectivity index (χ1n) is 7.52. The molecule has 128 valence electrons. The van der Waals surface area contributed by atoms with Gasteiger partial charge in [0.1, 0.15) is 5.82 Å². The Morgan fingerprint density at radius 1 is 1.16 bits per heavy atom. The highest BCUT2D eigenvalue weighted by atomic mass is 35.5. The first-order valence-corrected chi connectivity index (χ1v) is 7.90. The zero-order valence-electron chi connectivity index (χ0n) is 13.0. The number of fused-ring (bicyclic) bond motifs is 1. The van der Waals surface area contributed by atoms with E-state index in [0.717, 1.165) is 11.6 Å². The lowest BCUT2D eigenvalue weighted by Crippen LogP contribution is -2.20. The molecule has 1 heterocycles. The monoisotopic (exact) mass is 361 g/mol. The SMILES string of the molecule is O=C1CCc2cc(C(=O)COC(=O)c3ccc(Cl)cc3F)ccc2N1. The van der Waals surface area contributed by atoms with E-state index in [2.05, 4.69) is 5.32 Å². The Bertz CT molecular complexity index is 881. The number of benzene rings is 2. The molecule has 2 aromatic carbocycles. The molecule has 7 heteroatoms. The lowest BCUT2D eigenvalue weighted by atomic mass is 9.99. The molecule has 0 aromatic heterocycles. The van der Waals surface area contributed by atoms with Crippen LogP contribution in [0.15, 0.2) is 36.4 Å². The molecule has 0 spiro atoms. The van der Waals surface area contributed by atoms with Crippen molar-refractivity contribution in [2.24, 2.45) is 0 Å². The number of nitrogens with one attached hydrogen (secondary N) is 1. The van der Waals surface area contributed by atoms with Gasteiger partial charge in [0.15, 0.2) is 12.4 Å². The third-order valence-electron chi connectivity index (χ3n) is 3.81. The van der Waals surface area contributed by atoms with Crippen molar-refractivity contribution < 1.29 is 23.5 Å². The molecule has 0 bridgehead atoms. The van der Waals surface area contributed by atoms with Gasteiger partial charge in [0.05, 0.1) is 5.56 Å². The zero-order chi connectivity index (χ0) is 18.0. The van der Waals surface area contributed by atoms with E-state index in [4.69, 9.17) is 16.3 Å². The van der Waals surface area contributed by atoms with E-state index >= 15 is 0 Å². The highest BCUT2D eigenvalue weighted by Gasteiger charge is 2.19. The average Bonchev–Trinajstić information content (AvgIpc) is 2.58. The van der Waals surface area contributed by atoms with Crippen molar-refractivity contribution in [1.29, 1.82) is 0 Å². The Morgan fingerprint density at radius 2 is 1.96 bits per heavy atom. The predicted octanol–water partition coefficient (Wildman–Crippen LogP) is 3.40. The van der Waals surface area contributed by atoms with Gasteiger partial charge in [0.25, 0.3) is 0 Å². The first kappa shape index (κ1) is 17.1. The maximum absolute atomic E-state index is 13.7. The van der Waals surface area contributed by atoms with Crippen LogP contribution in [-0.4, -0.2) is 24.3 Å². The average molecular weight is 362 g/mol. The van der Waals surface area contributed by atoms with Crippen LogP contribution in [0, 0.1) is 5.82 Å². The largest absolute Gasteiger partial charge is 0.454 e. The van der Waals surface area contributed by atoms with Gasteiger partial charge >= 0.3 is 5.97 Å². The molecule has 5 nitrogen and oxygen atoms in total. The number of anilines is 1. The predicted molar refractivity (Wildman–Crippen MR) is 89.4 cm³/mol. The molecular weight excluding hydrogens is 349 g/mol. The molecular formula is C18H13ClFNO4. The molecule has 0 unspecified atom stereocenters. The number of ketones is 1. The molecule has 1 N–H and O–H groups in total. The summed E-state index contributed by atoms with van der Waals surface area (Å²) in [5.41, 5.74) is 1.60. The lowest BCUT2D eigenvalue weighted by molar-refractivity contribution is -0.116. The van der Waals surface area contributed by atoms with E-state index in [0.29, 0.717) is 24.1 Å².